The lowest BCUT2D eigenvalue weighted by atomic mass is 9.99. The largest absolute Gasteiger partial charge is 0.323 e. The molecular formula is C22H15Cl3IN3O2. The van der Waals surface area contributed by atoms with E-state index in [0.717, 1.165) is 3.57 Å². The molecule has 1 aliphatic rings. The van der Waals surface area contributed by atoms with Gasteiger partial charge in [-0.15, -0.1) is 0 Å². The first kappa shape index (κ1) is 22.3. The molecule has 2 amide bonds. The number of nitrogens with one attached hydrogen (secondary N) is 1. The summed E-state index contributed by atoms with van der Waals surface area (Å²) in [7, 11) is 0. The highest BCUT2D eigenvalue weighted by Gasteiger charge is 2.40. The topological polar surface area (TPSA) is 62.3 Å². The van der Waals surface area contributed by atoms with Gasteiger partial charge in [0.1, 0.15) is 16.3 Å². The van der Waals surface area contributed by atoms with E-state index in [-0.39, 0.29) is 22.1 Å². The zero-order valence-electron chi connectivity index (χ0n) is 16.1. The normalized spacial score (nSPS) is 17.1. The third-order valence-corrected chi connectivity index (χ3v) is 6.56. The number of rotatable bonds is 3. The van der Waals surface area contributed by atoms with Crippen molar-refractivity contribution in [2.45, 2.75) is 19.0 Å². The Kier molecular flexibility index (Phi) is 6.44. The van der Waals surface area contributed by atoms with Gasteiger partial charge in [-0.3, -0.25) is 9.59 Å². The van der Waals surface area contributed by atoms with Crippen LogP contribution in [0, 0.1) is 3.57 Å². The van der Waals surface area contributed by atoms with E-state index in [9.17, 15) is 9.59 Å². The van der Waals surface area contributed by atoms with Gasteiger partial charge in [-0.25, -0.2) is 4.98 Å². The Hall–Kier alpha value is -1.87. The van der Waals surface area contributed by atoms with Gasteiger partial charge in [0.25, 0.3) is 11.8 Å². The fourth-order valence-electron chi connectivity index (χ4n) is 3.63. The van der Waals surface area contributed by atoms with Crippen molar-refractivity contribution in [3.63, 3.8) is 0 Å². The van der Waals surface area contributed by atoms with Gasteiger partial charge in [0.05, 0.1) is 17.3 Å². The molecule has 4 rings (SSSR count). The van der Waals surface area contributed by atoms with Crippen LogP contribution in [0.15, 0.2) is 54.6 Å². The van der Waals surface area contributed by atoms with E-state index in [0.29, 0.717) is 27.4 Å². The average molecular weight is 587 g/mol. The molecule has 1 aromatic heterocycles. The molecule has 0 spiro atoms. The maximum atomic E-state index is 13.8. The molecule has 0 radical (unpaired) electrons. The van der Waals surface area contributed by atoms with Gasteiger partial charge in [0, 0.05) is 14.2 Å². The smallest absolute Gasteiger partial charge is 0.257 e. The Bertz CT molecular complexity index is 1190. The highest BCUT2D eigenvalue weighted by molar-refractivity contribution is 14.1. The average Bonchev–Trinajstić information content (AvgIpc) is 2.83. The number of nitrogens with zero attached hydrogens (tertiary/aromatic N) is 2. The summed E-state index contributed by atoms with van der Waals surface area (Å²) in [5, 5.41) is 3.85. The predicted octanol–water partition coefficient (Wildman–Crippen LogP) is 6.54. The van der Waals surface area contributed by atoms with E-state index < -0.39 is 12.1 Å². The summed E-state index contributed by atoms with van der Waals surface area (Å²) in [6.07, 6.45) is 0. The van der Waals surface area contributed by atoms with Gasteiger partial charge >= 0.3 is 0 Å². The zero-order valence-corrected chi connectivity index (χ0v) is 20.5. The van der Waals surface area contributed by atoms with Crippen molar-refractivity contribution in [1.82, 2.24) is 9.88 Å². The first-order valence-electron chi connectivity index (χ1n) is 9.26. The Morgan fingerprint density at radius 3 is 2.42 bits per heavy atom. The third-order valence-electron chi connectivity index (χ3n) is 5.13. The molecule has 2 aromatic carbocycles. The number of amides is 2. The molecule has 9 heteroatoms. The van der Waals surface area contributed by atoms with E-state index >= 15 is 0 Å². The quantitative estimate of drug-likeness (QED) is 0.280. The summed E-state index contributed by atoms with van der Waals surface area (Å²) in [5.74, 6) is -0.633. The Labute approximate surface area is 207 Å². The number of carbonyl (C=O) groups excluding carboxylic acids is 2. The molecule has 0 aliphatic carbocycles. The zero-order chi connectivity index (χ0) is 22.3. The summed E-state index contributed by atoms with van der Waals surface area (Å²) >= 11 is 20.5. The van der Waals surface area contributed by atoms with Crippen LogP contribution in [-0.4, -0.2) is 21.7 Å². The van der Waals surface area contributed by atoms with Crippen molar-refractivity contribution in [2.75, 3.05) is 5.32 Å². The van der Waals surface area contributed by atoms with Crippen LogP contribution in [0.4, 0.5) is 5.69 Å². The second kappa shape index (κ2) is 8.94. The van der Waals surface area contributed by atoms with Crippen LogP contribution in [-0.2, 0) is 4.79 Å². The maximum Gasteiger partial charge on any atom is 0.257 e. The Morgan fingerprint density at radius 1 is 1.03 bits per heavy atom. The van der Waals surface area contributed by atoms with Crippen molar-refractivity contribution < 1.29 is 9.59 Å². The SMILES string of the molecule is CC(c1ccc(Cl)nc1Cl)N1C(=O)c2cc(I)ccc2NC(=O)C1c1ccc(Cl)cc1. The van der Waals surface area contributed by atoms with Crippen LogP contribution < -0.4 is 5.32 Å². The van der Waals surface area contributed by atoms with Gasteiger partial charge in [-0.05, 0) is 71.5 Å². The van der Waals surface area contributed by atoms with Crippen LogP contribution in [0.1, 0.15) is 40.5 Å². The molecule has 31 heavy (non-hydrogen) atoms. The minimum Gasteiger partial charge on any atom is -0.323 e. The van der Waals surface area contributed by atoms with Crippen molar-refractivity contribution in [2.24, 2.45) is 0 Å². The van der Waals surface area contributed by atoms with Crippen molar-refractivity contribution in [3.8, 4) is 0 Å². The fourth-order valence-corrected chi connectivity index (χ4v) is 4.75. The summed E-state index contributed by atoms with van der Waals surface area (Å²) < 4.78 is 0.877. The van der Waals surface area contributed by atoms with Gasteiger partial charge in [-0.1, -0.05) is 53.0 Å². The molecule has 2 unspecified atom stereocenters. The number of anilines is 1. The first-order chi connectivity index (χ1) is 14.8. The Balaban J connectivity index is 1.90. The summed E-state index contributed by atoms with van der Waals surface area (Å²) in [6, 6.07) is 14.0. The lowest BCUT2D eigenvalue weighted by Crippen LogP contribution is -2.40. The Morgan fingerprint density at radius 2 is 1.74 bits per heavy atom. The van der Waals surface area contributed by atoms with Crippen LogP contribution in [0.5, 0.6) is 0 Å². The molecule has 1 N–H and O–H groups in total. The monoisotopic (exact) mass is 585 g/mol. The molecule has 2 heterocycles. The fraction of sp³-hybridized carbons (Fsp3) is 0.136. The highest BCUT2D eigenvalue weighted by Crippen LogP contribution is 2.39. The number of fused-ring (bicyclic) bond motifs is 1. The molecule has 0 bridgehead atoms. The van der Waals surface area contributed by atoms with Crippen molar-refractivity contribution in [3.05, 3.63) is 90.2 Å². The van der Waals surface area contributed by atoms with Gasteiger partial charge in [-0.2, -0.15) is 0 Å². The van der Waals surface area contributed by atoms with E-state index in [1.165, 1.54) is 4.90 Å². The van der Waals surface area contributed by atoms with Crippen LogP contribution in [0.25, 0.3) is 0 Å². The number of halogens is 4. The number of carbonyl (C=O) groups is 2. The number of aromatic nitrogens is 1. The summed E-state index contributed by atoms with van der Waals surface area (Å²) in [4.78, 5) is 32.8. The molecule has 2 atom stereocenters. The maximum absolute atomic E-state index is 13.8. The number of hydrogen-bond donors (Lipinski definition) is 1. The number of hydrogen-bond acceptors (Lipinski definition) is 3. The lowest BCUT2D eigenvalue weighted by molar-refractivity contribution is -0.121. The molecule has 0 fully saturated rings. The predicted molar refractivity (Wildman–Crippen MR) is 131 cm³/mol. The number of pyridine rings is 1. The van der Waals surface area contributed by atoms with E-state index in [1.54, 1.807) is 48.5 Å². The molecule has 158 valence electrons. The van der Waals surface area contributed by atoms with Crippen LogP contribution in [0.2, 0.25) is 15.3 Å². The van der Waals surface area contributed by atoms with Gasteiger partial charge < -0.3 is 10.2 Å². The second-order valence-electron chi connectivity index (χ2n) is 7.04. The number of benzene rings is 2. The molecule has 0 saturated heterocycles. The van der Waals surface area contributed by atoms with Crippen LogP contribution in [0.3, 0.4) is 0 Å². The molecule has 5 nitrogen and oxygen atoms in total. The molecule has 0 saturated carbocycles. The summed E-state index contributed by atoms with van der Waals surface area (Å²) in [5.41, 5.74) is 2.08. The second-order valence-corrected chi connectivity index (χ2v) is 9.46. The standard InChI is InChI=1S/C22H15Cl3IN3O2/c1-11(15-7-9-18(24)28-20(15)25)29-19(12-2-4-13(23)5-3-12)21(30)27-17-8-6-14(26)10-16(17)22(29)31/h2-11,19H,1H3,(H,27,30). The third kappa shape index (κ3) is 4.39. The summed E-state index contributed by atoms with van der Waals surface area (Å²) in [6.45, 7) is 1.81. The molecule has 3 aromatic rings. The first-order valence-corrected chi connectivity index (χ1v) is 11.5. The lowest BCUT2D eigenvalue weighted by Gasteiger charge is -2.34. The van der Waals surface area contributed by atoms with Gasteiger partial charge in [0.2, 0.25) is 0 Å². The minimum absolute atomic E-state index is 0.176. The van der Waals surface area contributed by atoms with E-state index in [4.69, 9.17) is 34.8 Å². The van der Waals surface area contributed by atoms with Crippen LogP contribution >= 0.6 is 57.4 Å². The van der Waals surface area contributed by atoms with Crippen molar-refractivity contribution in [1.29, 1.82) is 0 Å². The van der Waals surface area contributed by atoms with E-state index in [2.05, 4.69) is 32.9 Å². The highest BCUT2D eigenvalue weighted by atomic mass is 127. The van der Waals surface area contributed by atoms with E-state index in [1.807, 2.05) is 13.0 Å². The minimum atomic E-state index is -0.906. The molecule has 1 aliphatic heterocycles. The molecular weight excluding hydrogens is 572 g/mol. The van der Waals surface area contributed by atoms with Crippen molar-refractivity contribution >= 4 is 74.9 Å². The van der Waals surface area contributed by atoms with Gasteiger partial charge in [0.15, 0.2) is 0 Å².